The highest BCUT2D eigenvalue weighted by Crippen LogP contribution is 2.27. The number of nitrogens with zero attached hydrogens (tertiary/aromatic N) is 1. The Balaban J connectivity index is 1.38. The second kappa shape index (κ2) is 9.51. The van der Waals surface area contributed by atoms with E-state index in [1.165, 1.54) is 17.4 Å². The van der Waals surface area contributed by atoms with Crippen LogP contribution in [0.15, 0.2) is 71.1 Å². The van der Waals surface area contributed by atoms with Crippen molar-refractivity contribution in [1.82, 2.24) is 9.71 Å². The van der Waals surface area contributed by atoms with E-state index < -0.39 is 10.0 Å². The van der Waals surface area contributed by atoms with Gasteiger partial charge in [0.15, 0.2) is 5.13 Å². The molecule has 10 heteroatoms. The van der Waals surface area contributed by atoms with Crippen molar-refractivity contribution in [3.05, 3.63) is 92.8 Å². The van der Waals surface area contributed by atoms with E-state index in [9.17, 15) is 13.2 Å². The first-order chi connectivity index (χ1) is 15.3. The summed E-state index contributed by atoms with van der Waals surface area (Å²) in [5.41, 5.74) is 3.18. The Kier molecular flexibility index (Phi) is 6.73. The Morgan fingerprint density at radius 2 is 1.78 bits per heavy atom. The molecule has 0 unspecified atom stereocenters. The third-order valence-corrected chi connectivity index (χ3v) is 8.64. The number of hydrogen-bond donors (Lipinski definition) is 2. The fraction of sp³-hybridized carbons (Fsp3) is 0.0909. The molecular weight excluding hydrogens is 486 g/mol. The molecule has 0 bridgehead atoms. The van der Waals surface area contributed by atoms with Gasteiger partial charge in [-0.2, -0.15) is 0 Å². The molecule has 2 aromatic carbocycles. The van der Waals surface area contributed by atoms with E-state index in [1.807, 2.05) is 55.5 Å². The average molecular weight is 504 g/mol. The molecule has 164 valence electrons. The lowest BCUT2D eigenvalue weighted by atomic mass is 10.0. The highest BCUT2D eigenvalue weighted by Gasteiger charge is 2.17. The van der Waals surface area contributed by atoms with Gasteiger partial charge in [0, 0.05) is 17.8 Å². The summed E-state index contributed by atoms with van der Waals surface area (Å²) in [7, 11) is -3.60. The van der Waals surface area contributed by atoms with E-state index in [0.29, 0.717) is 19.9 Å². The van der Waals surface area contributed by atoms with E-state index in [0.717, 1.165) is 28.2 Å². The second-order valence-corrected chi connectivity index (χ2v) is 11.6. The van der Waals surface area contributed by atoms with Crippen LogP contribution < -0.4 is 10.0 Å². The van der Waals surface area contributed by atoms with Gasteiger partial charge in [-0.05, 0) is 42.3 Å². The lowest BCUT2D eigenvalue weighted by Crippen LogP contribution is -2.22. The lowest BCUT2D eigenvalue weighted by Gasteiger charge is -2.07. The molecule has 0 fully saturated rings. The zero-order valence-electron chi connectivity index (χ0n) is 16.8. The zero-order chi connectivity index (χ0) is 22.7. The monoisotopic (exact) mass is 503 g/mol. The van der Waals surface area contributed by atoms with E-state index in [2.05, 4.69) is 15.0 Å². The van der Waals surface area contributed by atoms with Crippen molar-refractivity contribution in [3.63, 3.8) is 0 Å². The van der Waals surface area contributed by atoms with E-state index in [1.54, 1.807) is 12.3 Å². The Morgan fingerprint density at radius 3 is 2.47 bits per heavy atom. The predicted octanol–water partition coefficient (Wildman–Crippen LogP) is 5.62. The van der Waals surface area contributed by atoms with Gasteiger partial charge in [0.1, 0.15) is 4.21 Å². The number of thiophene rings is 1. The van der Waals surface area contributed by atoms with Crippen LogP contribution in [0.4, 0.5) is 10.8 Å². The topological polar surface area (TPSA) is 88.2 Å². The SMILES string of the molecule is Cc1ccccc1C(=O)c1cnc(Nc2ccc(CNS(=O)(=O)c3ccc(Cl)s3)cc2)s1. The van der Waals surface area contributed by atoms with Crippen LogP contribution in [0.3, 0.4) is 0 Å². The molecule has 0 atom stereocenters. The quantitative estimate of drug-likeness (QED) is 0.305. The van der Waals surface area contributed by atoms with Crippen LogP contribution in [0.5, 0.6) is 0 Å². The van der Waals surface area contributed by atoms with Crippen molar-refractivity contribution >= 4 is 60.9 Å². The summed E-state index contributed by atoms with van der Waals surface area (Å²) in [6, 6.07) is 17.8. The van der Waals surface area contributed by atoms with Gasteiger partial charge in [-0.3, -0.25) is 4.79 Å². The average Bonchev–Trinajstić information content (AvgIpc) is 3.43. The van der Waals surface area contributed by atoms with Crippen molar-refractivity contribution in [2.24, 2.45) is 0 Å². The third kappa shape index (κ3) is 5.25. The van der Waals surface area contributed by atoms with Crippen molar-refractivity contribution in [2.75, 3.05) is 5.32 Å². The Hall–Kier alpha value is -2.56. The standard InChI is InChI=1S/C22H18ClN3O3S3/c1-14-4-2-3-5-17(14)21(27)18-13-24-22(30-18)26-16-8-6-15(7-9-16)12-25-32(28,29)20-11-10-19(23)31-20/h2-11,13,25H,12H2,1H3,(H,24,26). The van der Waals surface area contributed by atoms with Crippen molar-refractivity contribution in [2.45, 2.75) is 17.7 Å². The molecule has 0 aliphatic carbocycles. The number of aromatic nitrogens is 1. The molecule has 0 aliphatic heterocycles. The molecule has 4 aromatic rings. The summed E-state index contributed by atoms with van der Waals surface area (Å²) in [5, 5.41) is 3.78. The van der Waals surface area contributed by atoms with Gasteiger partial charge in [-0.25, -0.2) is 18.1 Å². The molecule has 6 nitrogen and oxygen atoms in total. The number of anilines is 2. The number of sulfonamides is 1. The number of carbonyl (C=O) groups is 1. The molecule has 32 heavy (non-hydrogen) atoms. The Labute approximate surface area is 199 Å². The van der Waals surface area contributed by atoms with Crippen molar-refractivity contribution < 1.29 is 13.2 Å². The third-order valence-electron chi connectivity index (χ3n) is 4.60. The number of nitrogens with one attached hydrogen (secondary N) is 2. The molecule has 0 aliphatic rings. The lowest BCUT2D eigenvalue weighted by molar-refractivity contribution is 0.104. The molecule has 2 N–H and O–H groups in total. The molecular formula is C22H18ClN3O3S3. The highest BCUT2D eigenvalue weighted by molar-refractivity contribution is 7.91. The van der Waals surface area contributed by atoms with E-state index >= 15 is 0 Å². The smallest absolute Gasteiger partial charge is 0.250 e. The number of aryl methyl sites for hydroxylation is 1. The molecule has 0 radical (unpaired) electrons. The van der Waals surface area contributed by atoms with E-state index in [-0.39, 0.29) is 16.5 Å². The van der Waals surface area contributed by atoms with Crippen LogP contribution >= 0.6 is 34.3 Å². The summed E-state index contributed by atoms with van der Waals surface area (Å²) in [6.45, 7) is 2.06. The summed E-state index contributed by atoms with van der Waals surface area (Å²) in [5.74, 6) is -0.0525. The molecule has 0 spiro atoms. The minimum atomic E-state index is -3.60. The fourth-order valence-corrected chi connectivity index (χ4v) is 6.25. The number of carbonyl (C=O) groups excluding carboxylic acids is 1. The predicted molar refractivity (Wildman–Crippen MR) is 130 cm³/mol. The molecule has 0 saturated carbocycles. The molecule has 2 aromatic heterocycles. The molecule has 0 amide bonds. The first-order valence-electron chi connectivity index (χ1n) is 9.49. The minimum absolute atomic E-state index is 0.0525. The summed E-state index contributed by atoms with van der Waals surface area (Å²) in [4.78, 5) is 17.6. The minimum Gasteiger partial charge on any atom is -0.332 e. The van der Waals surface area contributed by atoms with E-state index in [4.69, 9.17) is 11.6 Å². The number of rotatable bonds is 8. The first kappa shape index (κ1) is 22.6. The van der Waals surface area contributed by atoms with Gasteiger partial charge in [-0.15, -0.1) is 11.3 Å². The van der Waals surface area contributed by atoms with Crippen LogP contribution in [-0.4, -0.2) is 19.2 Å². The van der Waals surface area contributed by atoms with Crippen molar-refractivity contribution in [3.8, 4) is 0 Å². The molecule has 2 heterocycles. The number of hydrogen-bond acceptors (Lipinski definition) is 7. The Bertz CT molecular complexity index is 1360. The molecule has 0 saturated heterocycles. The van der Waals surface area contributed by atoms with Gasteiger partial charge in [0.05, 0.1) is 15.4 Å². The number of thiazole rings is 1. The van der Waals surface area contributed by atoms with Gasteiger partial charge in [-0.1, -0.05) is 59.3 Å². The van der Waals surface area contributed by atoms with Crippen LogP contribution in [-0.2, 0) is 16.6 Å². The maximum Gasteiger partial charge on any atom is 0.250 e. The summed E-state index contributed by atoms with van der Waals surface area (Å²) >= 11 is 8.12. The van der Waals surface area contributed by atoms with Gasteiger partial charge >= 0.3 is 0 Å². The second-order valence-electron chi connectivity index (χ2n) is 6.88. The van der Waals surface area contributed by atoms with Gasteiger partial charge in [0.2, 0.25) is 15.8 Å². The van der Waals surface area contributed by atoms with Crippen LogP contribution in [0.25, 0.3) is 0 Å². The highest BCUT2D eigenvalue weighted by atomic mass is 35.5. The summed E-state index contributed by atoms with van der Waals surface area (Å²) < 4.78 is 27.8. The van der Waals surface area contributed by atoms with Crippen LogP contribution in [0.2, 0.25) is 4.34 Å². The first-order valence-corrected chi connectivity index (χ1v) is 13.0. The van der Waals surface area contributed by atoms with Crippen LogP contribution in [0, 0.1) is 6.92 Å². The molecule has 4 rings (SSSR count). The number of halogens is 1. The van der Waals surface area contributed by atoms with Crippen molar-refractivity contribution in [1.29, 1.82) is 0 Å². The zero-order valence-corrected chi connectivity index (χ0v) is 20.0. The largest absolute Gasteiger partial charge is 0.332 e. The van der Waals surface area contributed by atoms with Gasteiger partial charge in [0.25, 0.3) is 0 Å². The fourth-order valence-electron chi connectivity index (χ4n) is 2.92. The summed E-state index contributed by atoms with van der Waals surface area (Å²) in [6.07, 6.45) is 1.57. The maximum absolute atomic E-state index is 12.7. The van der Waals surface area contributed by atoms with Gasteiger partial charge < -0.3 is 5.32 Å². The van der Waals surface area contributed by atoms with Crippen LogP contribution in [0.1, 0.15) is 26.4 Å². The number of ketones is 1. The Morgan fingerprint density at radius 1 is 1.03 bits per heavy atom. The normalized spacial score (nSPS) is 11.4. The maximum atomic E-state index is 12.7. The number of benzene rings is 2.